The molecule has 82 valence electrons. The van der Waals surface area contributed by atoms with Crippen molar-refractivity contribution >= 4 is 21.8 Å². The van der Waals surface area contributed by atoms with Gasteiger partial charge in [-0.2, -0.15) is 0 Å². The zero-order valence-corrected chi connectivity index (χ0v) is 11.0. The molecule has 0 N–H and O–H groups in total. The van der Waals surface area contributed by atoms with E-state index in [1.165, 1.54) is 0 Å². The Morgan fingerprint density at radius 3 is 2.21 bits per heavy atom. The summed E-state index contributed by atoms with van der Waals surface area (Å²) in [6.07, 6.45) is 1.76. The molecule has 1 atom stereocenters. The van der Waals surface area contributed by atoms with Crippen LogP contribution in [0.5, 0.6) is 0 Å². The lowest BCUT2D eigenvalue weighted by Crippen LogP contribution is -2.42. The van der Waals surface area contributed by atoms with Crippen LogP contribution in [0.15, 0.2) is 12.7 Å². The van der Waals surface area contributed by atoms with Crippen LogP contribution >= 0.6 is 15.9 Å². The van der Waals surface area contributed by atoms with Crippen LogP contribution in [0.3, 0.4) is 0 Å². The van der Waals surface area contributed by atoms with Gasteiger partial charge in [-0.05, 0) is 19.8 Å². The number of alkyl halides is 1. The van der Waals surface area contributed by atoms with Crippen molar-refractivity contribution in [3.8, 4) is 0 Å². The highest BCUT2D eigenvalue weighted by Gasteiger charge is 2.25. The summed E-state index contributed by atoms with van der Waals surface area (Å²) in [5.41, 5.74) is 0. The van der Waals surface area contributed by atoms with Gasteiger partial charge < -0.3 is 4.90 Å². The minimum absolute atomic E-state index is 0.0927. The van der Waals surface area contributed by atoms with Gasteiger partial charge in [0.05, 0.1) is 4.83 Å². The number of carbonyl (C=O) groups excluding carboxylic acids is 1. The maximum atomic E-state index is 11.9. The Kier molecular flexibility index (Phi) is 6.09. The average molecular weight is 262 g/mol. The Labute approximate surface area is 95.5 Å². The van der Waals surface area contributed by atoms with E-state index in [-0.39, 0.29) is 16.8 Å². The summed E-state index contributed by atoms with van der Waals surface area (Å²) in [4.78, 5) is 13.7. The van der Waals surface area contributed by atoms with Crippen molar-refractivity contribution in [2.45, 2.75) is 38.6 Å². The van der Waals surface area contributed by atoms with E-state index in [1.54, 1.807) is 6.08 Å². The van der Waals surface area contributed by atoms with Gasteiger partial charge in [-0.15, -0.1) is 6.58 Å². The van der Waals surface area contributed by atoms with Crippen LogP contribution in [0.25, 0.3) is 0 Å². The maximum absolute atomic E-state index is 11.9. The molecule has 0 saturated carbocycles. The molecule has 0 heterocycles. The van der Waals surface area contributed by atoms with Gasteiger partial charge in [0.25, 0.3) is 0 Å². The van der Waals surface area contributed by atoms with Crippen molar-refractivity contribution in [2.24, 2.45) is 5.92 Å². The monoisotopic (exact) mass is 261 g/mol. The maximum Gasteiger partial charge on any atom is 0.237 e. The van der Waals surface area contributed by atoms with Crippen molar-refractivity contribution in [3.63, 3.8) is 0 Å². The molecule has 0 bridgehead atoms. The third-order valence-electron chi connectivity index (χ3n) is 2.05. The molecule has 0 spiro atoms. The van der Waals surface area contributed by atoms with Crippen LogP contribution in [-0.2, 0) is 4.79 Å². The minimum atomic E-state index is -0.0927. The van der Waals surface area contributed by atoms with Crippen molar-refractivity contribution < 1.29 is 4.79 Å². The quantitative estimate of drug-likeness (QED) is 0.551. The molecule has 3 heteroatoms. The molecule has 0 radical (unpaired) electrons. The molecule has 0 aliphatic carbocycles. The van der Waals surface area contributed by atoms with E-state index in [4.69, 9.17) is 0 Å². The standard InChI is InChI=1S/C11H20BrNO/c1-6-7-13(9(4)5)11(14)10(12)8(2)3/h6,8-10H,1,7H2,2-5H3. The number of carbonyl (C=O) groups is 1. The summed E-state index contributed by atoms with van der Waals surface area (Å²) >= 11 is 3.42. The fourth-order valence-corrected chi connectivity index (χ4v) is 1.40. The average Bonchev–Trinajstić information content (AvgIpc) is 2.11. The van der Waals surface area contributed by atoms with E-state index in [0.29, 0.717) is 12.5 Å². The molecule has 0 aliphatic rings. The summed E-state index contributed by atoms with van der Waals surface area (Å²) in [5, 5.41) is 0. The highest BCUT2D eigenvalue weighted by atomic mass is 79.9. The molecular weight excluding hydrogens is 242 g/mol. The van der Waals surface area contributed by atoms with E-state index >= 15 is 0 Å². The molecule has 1 unspecified atom stereocenters. The zero-order valence-electron chi connectivity index (χ0n) is 9.46. The van der Waals surface area contributed by atoms with Crippen LogP contribution in [0.4, 0.5) is 0 Å². The summed E-state index contributed by atoms with van der Waals surface area (Å²) in [6.45, 7) is 12.4. The largest absolute Gasteiger partial charge is 0.336 e. The van der Waals surface area contributed by atoms with E-state index in [9.17, 15) is 4.79 Å². The molecule has 0 aliphatic heterocycles. The van der Waals surface area contributed by atoms with Gasteiger partial charge in [-0.3, -0.25) is 4.79 Å². The van der Waals surface area contributed by atoms with Crippen molar-refractivity contribution in [2.75, 3.05) is 6.54 Å². The summed E-state index contributed by atoms with van der Waals surface area (Å²) in [7, 11) is 0. The zero-order chi connectivity index (χ0) is 11.3. The van der Waals surface area contributed by atoms with Gasteiger partial charge >= 0.3 is 0 Å². The number of hydrogen-bond donors (Lipinski definition) is 0. The Morgan fingerprint density at radius 1 is 1.43 bits per heavy atom. The Balaban J connectivity index is 4.50. The number of nitrogens with zero attached hydrogens (tertiary/aromatic N) is 1. The predicted octanol–water partition coefficient (Wildman–Crippen LogP) is 2.83. The lowest BCUT2D eigenvalue weighted by atomic mass is 10.1. The first-order chi connectivity index (χ1) is 6.41. The van der Waals surface area contributed by atoms with Crippen LogP contribution < -0.4 is 0 Å². The van der Waals surface area contributed by atoms with Gasteiger partial charge in [-0.25, -0.2) is 0 Å². The highest BCUT2D eigenvalue weighted by molar-refractivity contribution is 9.10. The Hall–Kier alpha value is -0.310. The molecule has 0 aromatic rings. The Bertz CT molecular complexity index is 201. The van der Waals surface area contributed by atoms with Crippen LogP contribution in [0.1, 0.15) is 27.7 Å². The topological polar surface area (TPSA) is 20.3 Å². The number of amides is 1. The molecule has 2 nitrogen and oxygen atoms in total. The third kappa shape index (κ3) is 3.82. The smallest absolute Gasteiger partial charge is 0.237 e. The molecule has 0 aromatic carbocycles. The van der Waals surface area contributed by atoms with E-state index < -0.39 is 0 Å². The van der Waals surface area contributed by atoms with Gasteiger partial charge in [0, 0.05) is 12.6 Å². The van der Waals surface area contributed by atoms with Gasteiger partial charge in [0.1, 0.15) is 0 Å². The van der Waals surface area contributed by atoms with Gasteiger partial charge in [-0.1, -0.05) is 35.9 Å². The number of rotatable bonds is 5. The molecule has 0 aromatic heterocycles. The third-order valence-corrected chi connectivity index (χ3v) is 3.50. The number of hydrogen-bond acceptors (Lipinski definition) is 1. The highest BCUT2D eigenvalue weighted by Crippen LogP contribution is 2.16. The van der Waals surface area contributed by atoms with Crippen molar-refractivity contribution in [1.29, 1.82) is 0 Å². The number of halogens is 1. The summed E-state index contributed by atoms with van der Waals surface area (Å²) < 4.78 is 0. The van der Waals surface area contributed by atoms with E-state index in [2.05, 4.69) is 22.5 Å². The van der Waals surface area contributed by atoms with Crippen molar-refractivity contribution in [1.82, 2.24) is 4.90 Å². The van der Waals surface area contributed by atoms with Crippen LogP contribution in [-0.4, -0.2) is 28.2 Å². The fourth-order valence-electron chi connectivity index (χ4n) is 1.14. The molecule has 0 rings (SSSR count). The fraction of sp³-hybridized carbons (Fsp3) is 0.727. The minimum Gasteiger partial charge on any atom is -0.336 e. The first kappa shape index (κ1) is 13.7. The first-order valence-electron chi connectivity index (χ1n) is 4.97. The predicted molar refractivity (Wildman–Crippen MR) is 64.6 cm³/mol. The SMILES string of the molecule is C=CCN(C(=O)C(Br)C(C)C)C(C)C. The lowest BCUT2D eigenvalue weighted by molar-refractivity contribution is -0.132. The second-order valence-electron chi connectivity index (χ2n) is 4.02. The Morgan fingerprint density at radius 2 is 1.93 bits per heavy atom. The lowest BCUT2D eigenvalue weighted by Gasteiger charge is -2.28. The summed E-state index contributed by atoms with van der Waals surface area (Å²) in [5.74, 6) is 0.462. The molecule has 1 amide bonds. The summed E-state index contributed by atoms with van der Waals surface area (Å²) in [6, 6.07) is 0.222. The second kappa shape index (κ2) is 6.23. The van der Waals surface area contributed by atoms with E-state index in [0.717, 1.165) is 0 Å². The van der Waals surface area contributed by atoms with Crippen LogP contribution in [0, 0.1) is 5.92 Å². The van der Waals surface area contributed by atoms with Crippen molar-refractivity contribution in [3.05, 3.63) is 12.7 Å². The van der Waals surface area contributed by atoms with Gasteiger partial charge in [0.2, 0.25) is 5.91 Å². The van der Waals surface area contributed by atoms with E-state index in [1.807, 2.05) is 32.6 Å². The molecule has 14 heavy (non-hydrogen) atoms. The first-order valence-corrected chi connectivity index (χ1v) is 5.88. The molecule has 0 fully saturated rings. The molecular formula is C11H20BrNO. The second-order valence-corrected chi connectivity index (χ2v) is 5.01. The normalized spacial score (nSPS) is 13.1. The van der Waals surface area contributed by atoms with Gasteiger partial charge in [0.15, 0.2) is 0 Å². The van der Waals surface area contributed by atoms with Crippen LogP contribution in [0.2, 0.25) is 0 Å². The molecule has 0 saturated heterocycles.